The molecule has 0 aliphatic heterocycles. The third-order valence-electron chi connectivity index (χ3n) is 2.39. The fraction of sp³-hybridized carbons (Fsp3) is 0. The van der Waals surface area contributed by atoms with Gasteiger partial charge >= 0.3 is 0 Å². The van der Waals surface area contributed by atoms with Gasteiger partial charge in [0.05, 0.1) is 22.9 Å². The third-order valence-corrected chi connectivity index (χ3v) is 2.39. The van der Waals surface area contributed by atoms with Gasteiger partial charge in [-0.2, -0.15) is 5.10 Å². The van der Waals surface area contributed by atoms with Gasteiger partial charge in [-0.15, -0.1) is 0 Å². The molecule has 2 heterocycles. The molecule has 0 aliphatic carbocycles. The smallest absolute Gasteiger partial charge is 0.222 e. The first-order valence-electron chi connectivity index (χ1n) is 5.29. The number of benzene rings is 1. The number of imidazole rings is 1. The van der Waals surface area contributed by atoms with Crippen LogP contribution in [0, 0.1) is 0 Å². The first-order chi connectivity index (χ1) is 8.42. The summed E-state index contributed by atoms with van der Waals surface area (Å²) >= 11 is 0. The zero-order chi connectivity index (χ0) is 11.5. The zero-order valence-electron chi connectivity index (χ0n) is 9.01. The molecule has 0 fully saturated rings. The number of H-pyrrole nitrogens is 2. The molecule has 0 aliphatic rings. The summed E-state index contributed by atoms with van der Waals surface area (Å²) < 4.78 is 0. The van der Waals surface area contributed by atoms with E-state index in [0.29, 0.717) is 5.95 Å². The molecule has 3 N–H and O–H groups in total. The monoisotopic (exact) mass is 225 g/mol. The van der Waals surface area contributed by atoms with Gasteiger partial charge in [0.1, 0.15) is 0 Å². The molecule has 0 radical (unpaired) electrons. The van der Waals surface area contributed by atoms with E-state index in [9.17, 15) is 0 Å². The van der Waals surface area contributed by atoms with E-state index in [0.717, 1.165) is 16.7 Å². The molecule has 0 atom stereocenters. The Balaban J connectivity index is 1.77. The Morgan fingerprint density at radius 3 is 2.94 bits per heavy atom. The Labute approximate surface area is 97.6 Å². The molecule has 0 saturated heterocycles. The number of nitrogens with zero attached hydrogens (tertiary/aromatic N) is 2. The summed E-state index contributed by atoms with van der Waals surface area (Å²) in [4.78, 5) is 10.5. The topological polar surface area (TPSA) is 68.9 Å². The van der Waals surface area contributed by atoms with Gasteiger partial charge in [-0.1, -0.05) is 12.1 Å². The number of para-hydroxylation sites is 2. The van der Waals surface area contributed by atoms with Crippen LogP contribution in [0.1, 0.15) is 5.69 Å². The minimum Gasteiger partial charge on any atom is -0.360 e. The number of hydrazone groups is 1. The van der Waals surface area contributed by atoms with Crippen molar-refractivity contribution in [2.75, 3.05) is 5.43 Å². The van der Waals surface area contributed by atoms with Crippen molar-refractivity contribution in [3.63, 3.8) is 0 Å². The predicted molar refractivity (Wildman–Crippen MR) is 68.1 cm³/mol. The van der Waals surface area contributed by atoms with Gasteiger partial charge in [-0.3, -0.25) is 0 Å². The Morgan fingerprint density at radius 1 is 1.18 bits per heavy atom. The van der Waals surface area contributed by atoms with Crippen molar-refractivity contribution in [3.05, 3.63) is 48.3 Å². The molecule has 0 unspecified atom stereocenters. The van der Waals surface area contributed by atoms with Crippen molar-refractivity contribution in [1.29, 1.82) is 0 Å². The second kappa shape index (κ2) is 4.13. The predicted octanol–water partition coefficient (Wildman–Crippen LogP) is 2.34. The van der Waals surface area contributed by atoms with E-state index in [1.54, 1.807) is 6.21 Å². The molecule has 17 heavy (non-hydrogen) atoms. The Kier molecular flexibility index (Phi) is 2.34. The van der Waals surface area contributed by atoms with Crippen molar-refractivity contribution < 1.29 is 0 Å². The van der Waals surface area contributed by atoms with Crippen LogP contribution in [-0.4, -0.2) is 21.2 Å². The van der Waals surface area contributed by atoms with Gasteiger partial charge in [0.25, 0.3) is 0 Å². The average Bonchev–Trinajstić information content (AvgIpc) is 2.96. The van der Waals surface area contributed by atoms with E-state index in [2.05, 4.69) is 25.5 Å². The molecule has 5 heteroatoms. The maximum Gasteiger partial charge on any atom is 0.222 e. The van der Waals surface area contributed by atoms with Crippen LogP contribution in [0.5, 0.6) is 0 Å². The van der Waals surface area contributed by atoms with Crippen LogP contribution in [0.2, 0.25) is 0 Å². The summed E-state index contributed by atoms with van der Waals surface area (Å²) in [6, 6.07) is 11.7. The van der Waals surface area contributed by atoms with Crippen LogP contribution in [0.25, 0.3) is 11.0 Å². The van der Waals surface area contributed by atoms with Gasteiger partial charge in [0.2, 0.25) is 5.95 Å². The zero-order valence-corrected chi connectivity index (χ0v) is 9.01. The normalized spacial score (nSPS) is 11.3. The summed E-state index contributed by atoms with van der Waals surface area (Å²) in [5.74, 6) is 0.633. The lowest BCUT2D eigenvalue weighted by molar-refractivity contribution is 1.21. The minimum atomic E-state index is 0.633. The average molecular weight is 225 g/mol. The molecule has 84 valence electrons. The molecule has 0 spiro atoms. The van der Waals surface area contributed by atoms with E-state index >= 15 is 0 Å². The van der Waals surface area contributed by atoms with E-state index in [1.807, 2.05) is 42.6 Å². The highest BCUT2D eigenvalue weighted by Gasteiger charge is 1.98. The van der Waals surface area contributed by atoms with Gasteiger partial charge in [-0.05, 0) is 24.3 Å². The van der Waals surface area contributed by atoms with Crippen molar-refractivity contribution in [3.8, 4) is 0 Å². The van der Waals surface area contributed by atoms with Crippen molar-refractivity contribution in [2.45, 2.75) is 0 Å². The quantitative estimate of drug-likeness (QED) is 0.473. The summed E-state index contributed by atoms with van der Waals surface area (Å²) in [7, 11) is 0. The van der Waals surface area contributed by atoms with Crippen LogP contribution in [0.15, 0.2) is 47.7 Å². The largest absolute Gasteiger partial charge is 0.360 e. The van der Waals surface area contributed by atoms with Crippen molar-refractivity contribution in [2.24, 2.45) is 5.10 Å². The number of aromatic amines is 2. The van der Waals surface area contributed by atoms with Gasteiger partial charge in [0.15, 0.2) is 0 Å². The molecular weight excluding hydrogens is 214 g/mol. The highest BCUT2D eigenvalue weighted by atomic mass is 15.4. The lowest BCUT2D eigenvalue weighted by atomic mass is 10.3. The van der Waals surface area contributed by atoms with Crippen LogP contribution in [0.3, 0.4) is 0 Å². The fourth-order valence-electron chi connectivity index (χ4n) is 1.59. The molecule has 3 aromatic rings. The second-order valence-electron chi connectivity index (χ2n) is 3.60. The Morgan fingerprint density at radius 2 is 2.12 bits per heavy atom. The molecular formula is C12H11N5. The minimum absolute atomic E-state index is 0.633. The lowest BCUT2D eigenvalue weighted by Crippen LogP contribution is -1.92. The second-order valence-corrected chi connectivity index (χ2v) is 3.60. The summed E-state index contributed by atoms with van der Waals surface area (Å²) in [6.07, 6.45) is 3.55. The molecule has 5 nitrogen and oxygen atoms in total. The van der Waals surface area contributed by atoms with E-state index in [1.165, 1.54) is 0 Å². The van der Waals surface area contributed by atoms with E-state index in [4.69, 9.17) is 0 Å². The number of fused-ring (bicyclic) bond motifs is 1. The van der Waals surface area contributed by atoms with E-state index in [-0.39, 0.29) is 0 Å². The number of hydrogen-bond donors (Lipinski definition) is 3. The van der Waals surface area contributed by atoms with Gasteiger partial charge in [-0.25, -0.2) is 10.4 Å². The van der Waals surface area contributed by atoms with Crippen molar-refractivity contribution in [1.82, 2.24) is 15.0 Å². The summed E-state index contributed by atoms with van der Waals surface area (Å²) in [5.41, 5.74) is 5.71. The van der Waals surface area contributed by atoms with Gasteiger partial charge in [0, 0.05) is 6.20 Å². The number of hydrogen-bond acceptors (Lipinski definition) is 3. The number of rotatable bonds is 3. The Hall–Kier alpha value is -2.56. The molecule has 0 saturated carbocycles. The standard InChI is InChI=1S/C12H11N5/c1-2-6-11-10(5-1)15-12(16-11)17-14-8-9-4-3-7-13-9/h1-8,13H,(H2,15,16,17)/b14-8-. The molecule has 0 bridgehead atoms. The van der Waals surface area contributed by atoms with Crippen LogP contribution < -0.4 is 5.43 Å². The third kappa shape index (κ3) is 2.03. The van der Waals surface area contributed by atoms with Crippen molar-refractivity contribution >= 4 is 23.2 Å². The molecule has 0 amide bonds. The summed E-state index contributed by atoms with van der Waals surface area (Å²) in [6.45, 7) is 0. The first kappa shape index (κ1) is 9.65. The van der Waals surface area contributed by atoms with Crippen LogP contribution >= 0.6 is 0 Å². The van der Waals surface area contributed by atoms with Gasteiger partial charge < -0.3 is 9.97 Å². The highest BCUT2D eigenvalue weighted by molar-refractivity contribution is 5.79. The molecule has 2 aromatic heterocycles. The maximum absolute atomic E-state index is 4.34. The maximum atomic E-state index is 4.34. The Bertz CT molecular complexity index is 603. The number of anilines is 1. The van der Waals surface area contributed by atoms with Crippen LogP contribution in [-0.2, 0) is 0 Å². The first-order valence-corrected chi connectivity index (χ1v) is 5.29. The SMILES string of the molecule is C(=N/Nc1nc2ccccc2[nH]1)/c1ccc[nH]1. The van der Waals surface area contributed by atoms with Crippen LogP contribution in [0.4, 0.5) is 5.95 Å². The number of nitrogens with one attached hydrogen (secondary N) is 3. The molecule has 1 aromatic carbocycles. The lowest BCUT2D eigenvalue weighted by Gasteiger charge is -1.91. The fourth-order valence-corrected chi connectivity index (χ4v) is 1.59. The highest BCUT2D eigenvalue weighted by Crippen LogP contribution is 2.12. The number of aromatic nitrogens is 3. The van der Waals surface area contributed by atoms with E-state index < -0.39 is 0 Å². The molecule has 3 rings (SSSR count). The summed E-state index contributed by atoms with van der Waals surface area (Å²) in [5, 5.41) is 4.08.